The van der Waals surface area contributed by atoms with Crippen LogP contribution in [0.3, 0.4) is 0 Å². The lowest BCUT2D eigenvalue weighted by molar-refractivity contribution is -0.145. The Balaban J connectivity index is 4.81. The van der Waals surface area contributed by atoms with Crippen molar-refractivity contribution < 1.29 is 23.5 Å². The van der Waals surface area contributed by atoms with Crippen LogP contribution in [-0.2, 0) is 23.5 Å². The largest absolute Gasteiger partial charge is 0.469 e. The summed E-state index contributed by atoms with van der Waals surface area (Å²) in [5.74, 6) is -1.06. The lowest BCUT2D eigenvalue weighted by Crippen LogP contribution is -2.39. The molecule has 0 aromatic carbocycles. The number of rotatable bonds is 10. The van der Waals surface area contributed by atoms with E-state index >= 15 is 0 Å². The predicted octanol–water partition coefficient (Wildman–Crippen LogP) is 3.31. The van der Waals surface area contributed by atoms with Gasteiger partial charge in [0.15, 0.2) is 8.32 Å². The smallest absolute Gasteiger partial charge is 0.312 e. The highest BCUT2D eigenvalue weighted by Gasteiger charge is 2.29. The minimum absolute atomic E-state index is 0.321. The maximum atomic E-state index is 11.4. The quantitative estimate of drug-likeness (QED) is 0.349. The maximum absolute atomic E-state index is 11.4. The standard InChI is InChI=1S/C16H30O5Si/c1-7-22(8-2,9-3)20-12-15(21-14(5)17)11-10-13(4)16(18)19-6/h10-11,13,15H,7-9,12H2,1-6H3/t13-,15+/m1/s1. The van der Waals surface area contributed by atoms with Gasteiger partial charge in [-0.25, -0.2) is 0 Å². The molecule has 0 N–H and O–H groups in total. The molecule has 0 unspecified atom stereocenters. The molecule has 0 fully saturated rings. The van der Waals surface area contributed by atoms with Crippen LogP contribution in [0.15, 0.2) is 12.2 Å². The van der Waals surface area contributed by atoms with Gasteiger partial charge in [0.2, 0.25) is 0 Å². The third-order valence-corrected chi connectivity index (χ3v) is 8.64. The molecule has 0 aliphatic heterocycles. The molecule has 0 rings (SSSR count). The molecule has 0 aromatic heterocycles. The fourth-order valence-electron chi connectivity index (χ4n) is 2.21. The molecule has 5 nitrogen and oxygen atoms in total. The number of carbonyl (C=O) groups is 2. The molecule has 0 saturated heterocycles. The number of ether oxygens (including phenoxy) is 2. The second-order valence-corrected chi connectivity index (χ2v) is 10.2. The highest BCUT2D eigenvalue weighted by atomic mass is 28.4. The minimum Gasteiger partial charge on any atom is -0.469 e. The number of hydrogen-bond donors (Lipinski definition) is 0. The zero-order chi connectivity index (χ0) is 17.2. The molecule has 0 aliphatic rings. The zero-order valence-corrected chi connectivity index (χ0v) is 15.7. The second-order valence-electron chi connectivity index (χ2n) is 5.40. The van der Waals surface area contributed by atoms with Crippen LogP contribution in [0.1, 0.15) is 34.6 Å². The third-order valence-electron chi connectivity index (χ3n) is 3.99. The van der Waals surface area contributed by atoms with Crippen molar-refractivity contribution in [3.05, 3.63) is 12.2 Å². The number of methoxy groups -OCH3 is 1. The van der Waals surface area contributed by atoms with Crippen LogP contribution >= 0.6 is 0 Å². The van der Waals surface area contributed by atoms with Crippen molar-refractivity contribution in [2.45, 2.75) is 58.9 Å². The first-order valence-corrected chi connectivity index (χ1v) is 10.4. The lowest BCUT2D eigenvalue weighted by atomic mass is 10.1. The number of esters is 2. The Bertz CT molecular complexity index is 368. The molecule has 0 amide bonds. The molecular formula is C16H30O5Si. The molecule has 2 atom stereocenters. The van der Waals surface area contributed by atoms with Gasteiger partial charge in [-0.05, 0) is 31.1 Å². The van der Waals surface area contributed by atoms with Crippen LogP contribution in [0, 0.1) is 5.92 Å². The summed E-state index contributed by atoms with van der Waals surface area (Å²) in [6.07, 6.45) is 2.93. The normalized spacial score (nSPS) is 14.6. The van der Waals surface area contributed by atoms with E-state index in [-0.39, 0.29) is 17.9 Å². The molecule has 0 spiro atoms. The Morgan fingerprint density at radius 3 is 2.05 bits per heavy atom. The van der Waals surface area contributed by atoms with Crippen molar-refractivity contribution >= 4 is 20.3 Å². The summed E-state index contributed by atoms with van der Waals surface area (Å²) in [5.41, 5.74) is 0. The van der Waals surface area contributed by atoms with Gasteiger partial charge in [-0.15, -0.1) is 0 Å². The van der Waals surface area contributed by atoms with E-state index in [1.165, 1.54) is 14.0 Å². The summed E-state index contributed by atoms with van der Waals surface area (Å²) in [6, 6.07) is 3.11. The van der Waals surface area contributed by atoms with E-state index in [0.717, 1.165) is 18.1 Å². The van der Waals surface area contributed by atoms with E-state index in [1.54, 1.807) is 19.1 Å². The Morgan fingerprint density at radius 2 is 1.64 bits per heavy atom. The first-order chi connectivity index (χ1) is 10.3. The zero-order valence-electron chi connectivity index (χ0n) is 14.7. The maximum Gasteiger partial charge on any atom is 0.312 e. The first-order valence-electron chi connectivity index (χ1n) is 7.91. The van der Waals surface area contributed by atoms with Gasteiger partial charge in [-0.1, -0.05) is 26.8 Å². The molecule has 0 heterocycles. The van der Waals surface area contributed by atoms with Crippen molar-refractivity contribution in [1.29, 1.82) is 0 Å². The van der Waals surface area contributed by atoms with E-state index in [1.807, 2.05) is 0 Å². The Hall–Kier alpha value is -1.14. The monoisotopic (exact) mass is 330 g/mol. The van der Waals surface area contributed by atoms with Gasteiger partial charge < -0.3 is 13.9 Å². The predicted molar refractivity (Wildman–Crippen MR) is 89.0 cm³/mol. The number of carbonyl (C=O) groups excluding carboxylic acids is 2. The summed E-state index contributed by atoms with van der Waals surface area (Å²) in [6.45, 7) is 9.89. The highest BCUT2D eigenvalue weighted by Crippen LogP contribution is 2.22. The molecule has 128 valence electrons. The van der Waals surface area contributed by atoms with Crippen molar-refractivity contribution in [3.8, 4) is 0 Å². The van der Waals surface area contributed by atoms with Crippen LogP contribution < -0.4 is 0 Å². The molecular weight excluding hydrogens is 300 g/mol. The van der Waals surface area contributed by atoms with Gasteiger partial charge in [0, 0.05) is 6.92 Å². The van der Waals surface area contributed by atoms with Gasteiger partial charge >= 0.3 is 11.9 Å². The van der Waals surface area contributed by atoms with E-state index < -0.39 is 14.4 Å². The Labute approximate surface area is 135 Å². The SMILES string of the molecule is CC[Si](CC)(CC)OC[C@H](C=C[C@@H](C)C(=O)OC)OC(C)=O. The van der Waals surface area contributed by atoms with Gasteiger partial charge in [0.05, 0.1) is 19.6 Å². The molecule has 0 bridgehead atoms. The van der Waals surface area contributed by atoms with Crippen LogP contribution in [0.4, 0.5) is 0 Å². The molecule has 0 aliphatic carbocycles. The van der Waals surface area contributed by atoms with Crippen molar-refractivity contribution in [2.75, 3.05) is 13.7 Å². The van der Waals surface area contributed by atoms with Crippen molar-refractivity contribution in [3.63, 3.8) is 0 Å². The first kappa shape index (κ1) is 20.9. The van der Waals surface area contributed by atoms with E-state index in [4.69, 9.17) is 9.16 Å². The Kier molecular flexibility index (Phi) is 10.0. The Morgan fingerprint density at radius 1 is 1.09 bits per heavy atom. The third kappa shape index (κ3) is 7.22. The minimum atomic E-state index is -1.73. The fourth-order valence-corrected chi connectivity index (χ4v) is 4.84. The average Bonchev–Trinajstić information content (AvgIpc) is 2.52. The topological polar surface area (TPSA) is 61.8 Å². The van der Waals surface area contributed by atoms with Gasteiger partial charge in [-0.2, -0.15) is 0 Å². The number of hydrogen-bond acceptors (Lipinski definition) is 5. The highest BCUT2D eigenvalue weighted by molar-refractivity contribution is 6.73. The summed E-state index contributed by atoms with van der Waals surface area (Å²) in [7, 11) is -0.383. The summed E-state index contributed by atoms with van der Waals surface area (Å²) in [4.78, 5) is 22.6. The fraction of sp³-hybridized carbons (Fsp3) is 0.750. The molecule has 6 heteroatoms. The summed E-state index contributed by atoms with van der Waals surface area (Å²) < 4.78 is 16.1. The average molecular weight is 330 g/mol. The molecule has 0 radical (unpaired) electrons. The van der Waals surface area contributed by atoms with Crippen LogP contribution in [-0.4, -0.2) is 40.1 Å². The van der Waals surface area contributed by atoms with Crippen LogP contribution in [0.25, 0.3) is 0 Å². The van der Waals surface area contributed by atoms with Gasteiger partial charge in [0.25, 0.3) is 0 Å². The van der Waals surface area contributed by atoms with Gasteiger partial charge in [-0.3, -0.25) is 9.59 Å². The van der Waals surface area contributed by atoms with Gasteiger partial charge in [0.1, 0.15) is 6.10 Å². The van der Waals surface area contributed by atoms with Crippen molar-refractivity contribution in [1.82, 2.24) is 0 Å². The summed E-state index contributed by atoms with van der Waals surface area (Å²) in [5, 5.41) is 0. The van der Waals surface area contributed by atoms with E-state index in [0.29, 0.717) is 6.61 Å². The lowest BCUT2D eigenvalue weighted by Gasteiger charge is -2.29. The van der Waals surface area contributed by atoms with Crippen molar-refractivity contribution in [2.24, 2.45) is 5.92 Å². The van der Waals surface area contributed by atoms with Crippen LogP contribution in [0.5, 0.6) is 0 Å². The van der Waals surface area contributed by atoms with E-state index in [9.17, 15) is 9.59 Å². The second kappa shape index (κ2) is 10.6. The molecule has 0 saturated carbocycles. The summed E-state index contributed by atoms with van der Waals surface area (Å²) >= 11 is 0. The molecule has 0 aromatic rings. The van der Waals surface area contributed by atoms with E-state index in [2.05, 4.69) is 25.5 Å². The molecule has 22 heavy (non-hydrogen) atoms. The van der Waals surface area contributed by atoms with Crippen LogP contribution in [0.2, 0.25) is 18.1 Å².